The molecule has 0 atom stereocenters. The van der Waals surface area contributed by atoms with Gasteiger partial charge in [-0.15, -0.1) is 0 Å². The number of benzene rings is 1. The van der Waals surface area contributed by atoms with Crippen LogP contribution in [0, 0.1) is 0 Å². The van der Waals surface area contributed by atoms with Gasteiger partial charge in [-0.3, -0.25) is 9.59 Å². The fourth-order valence-electron chi connectivity index (χ4n) is 1.81. The number of anilines is 1. The Morgan fingerprint density at radius 1 is 1.29 bits per heavy atom. The third-order valence-electron chi connectivity index (χ3n) is 2.44. The molecular weight excluding hydrogens is 180 g/mol. The molecule has 4 nitrogen and oxygen atoms in total. The van der Waals surface area contributed by atoms with Crippen LogP contribution in [0.5, 0.6) is 0 Å². The Labute approximate surface area is 80.9 Å². The predicted octanol–water partition coefficient (Wildman–Crippen LogP) is 0.497. The Balaban J connectivity index is 2.69. The zero-order valence-corrected chi connectivity index (χ0v) is 7.54. The average molecular weight is 190 g/mol. The van der Waals surface area contributed by atoms with Gasteiger partial charge in [-0.2, -0.15) is 0 Å². The fraction of sp³-hybridized carbons (Fsp3) is 0.200. The first-order chi connectivity index (χ1) is 6.59. The SMILES string of the molecule is NC(=O)c1cc(N)cc2c1CCC2=O. The van der Waals surface area contributed by atoms with Crippen molar-refractivity contribution in [3.05, 3.63) is 28.8 Å². The monoisotopic (exact) mass is 190 g/mol. The Kier molecular flexibility index (Phi) is 1.77. The number of carbonyl (C=O) groups is 2. The van der Waals surface area contributed by atoms with Crippen molar-refractivity contribution in [2.24, 2.45) is 5.73 Å². The predicted molar refractivity (Wildman–Crippen MR) is 52.0 cm³/mol. The van der Waals surface area contributed by atoms with Gasteiger partial charge in [0.25, 0.3) is 0 Å². The largest absolute Gasteiger partial charge is 0.399 e. The summed E-state index contributed by atoms with van der Waals surface area (Å²) in [6.07, 6.45) is 1.03. The molecule has 1 aliphatic carbocycles. The van der Waals surface area contributed by atoms with Crippen molar-refractivity contribution < 1.29 is 9.59 Å². The highest BCUT2D eigenvalue weighted by molar-refractivity contribution is 6.06. The Morgan fingerprint density at radius 2 is 2.00 bits per heavy atom. The van der Waals surface area contributed by atoms with Crippen LogP contribution < -0.4 is 11.5 Å². The van der Waals surface area contributed by atoms with E-state index in [2.05, 4.69) is 0 Å². The summed E-state index contributed by atoms with van der Waals surface area (Å²) < 4.78 is 0. The lowest BCUT2D eigenvalue weighted by Gasteiger charge is -2.05. The Hall–Kier alpha value is -1.84. The highest BCUT2D eigenvalue weighted by atomic mass is 16.1. The lowest BCUT2D eigenvalue weighted by atomic mass is 10.0. The van der Waals surface area contributed by atoms with E-state index in [4.69, 9.17) is 11.5 Å². The number of fused-ring (bicyclic) bond motifs is 1. The smallest absolute Gasteiger partial charge is 0.249 e. The van der Waals surface area contributed by atoms with E-state index in [0.29, 0.717) is 29.7 Å². The molecule has 72 valence electrons. The maximum absolute atomic E-state index is 11.4. The number of ketones is 1. The van der Waals surface area contributed by atoms with Crippen molar-refractivity contribution in [2.75, 3.05) is 5.73 Å². The lowest BCUT2D eigenvalue weighted by Crippen LogP contribution is -2.14. The van der Waals surface area contributed by atoms with Gasteiger partial charge in [0, 0.05) is 23.2 Å². The van der Waals surface area contributed by atoms with Crippen LogP contribution in [0.15, 0.2) is 12.1 Å². The summed E-state index contributed by atoms with van der Waals surface area (Å²) in [5.74, 6) is -0.488. The van der Waals surface area contributed by atoms with Crippen LogP contribution in [0.3, 0.4) is 0 Å². The van der Waals surface area contributed by atoms with Gasteiger partial charge in [-0.1, -0.05) is 0 Å². The minimum Gasteiger partial charge on any atom is -0.399 e. The highest BCUT2D eigenvalue weighted by Gasteiger charge is 2.24. The summed E-state index contributed by atoms with van der Waals surface area (Å²) >= 11 is 0. The fourth-order valence-corrected chi connectivity index (χ4v) is 1.81. The topological polar surface area (TPSA) is 86.2 Å². The van der Waals surface area contributed by atoms with Gasteiger partial charge in [0.2, 0.25) is 5.91 Å². The van der Waals surface area contributed by atoms with E-state index < -0.39 is 5.91 Å². The van der Waals surface area contributed by atoms with Crippen LogP contribution in [-0.2, 0) is 6.42 Å². The number of rotatable bonds is 1. The maximum atomic E-state index is 11.4. The molecule has 14 heavy (non-hydrogen) atoms. The molecule has 4 heteroatoms. The molecule has 4 N–H and O–H groups in total. The Morgan fingerprint density at radius 3 is 2.64 bits per heavy atom. The molecule has 1 aromatic carbocycles. The molecular formula is C10H10N2O2. The van der Waals surface area contributed by atoms with Gasteiger partial charge in [0.1, 0.15) is 0 Å². The van der Waals surface area contributed by atoms with Crippen LogP contribution in [-0.4, -0.2) is 11.7 Å². The third kappa shape index (κ3) is 1.16. The van der Waals surface area contributed by atoms with E-state index >= 15 is 0 Å². The summed E-state index contributed by atoms with van der Waals surface area (Å²) in [7, 11) is 0. The van der Waals surface area contributed by atoms with Gasteiger partial charge in [-0.25, -0.2) is 0 Å². The van der Waals surface area contributed by atoms with Crippen molar-refractivity contribution in [1.29, 1.82) is 0 Å². The molecule has 2 rings (SSSR count). The standard InChI is InChI=1S/C10H10N2O2/c11-5-3-7-6(1-2-9(7)13)8(4-5)10(12)14/h3-4H,1-2,11H2,(H2,12,14). The average Bonchev–Trinajstić information content (AvgIpc) is 2.47. The quantitative estimate of drug-likeness (QED) is 0.632. The van der Waals surface area contributed by atoms with Crippen LogP contribution in [0.25, 0.3) is 0 Å². The Bertz CT molecular complexity index is 438. The first-order valence-electron chi connectivity index (χ1n) is 4.35. The number of hydrogen-bond donors (Lipinski definition) is 2. The normalized spacial score (nSPS) is 14.1. The minimum absolute atomic E-state index is 0.0369. The molecule has 0 saturated heterocycles. The van der Waals surface area contributed by atoms with E-state index in [1.165, 1.54) is 6.07 Å². The molecule has 0 fully saturated rings. The molecule has 0 aliphatic heterocycles. The van der Waals surface area contributed by atoms with Gasteiger partial charge in [0.05, 0.1) is 0 Å². The zero-order valence-electron chi connectivity index (χ0n) is 7.54. The first kappa shape index (κ1) is 8.74. The van der Waals surface area contributed by atoms with Gasteiger partial charge in [0.15, 0.2) is 5.78 Å². The van der Waals surface area contributed by atoms with Crippen LogP contribution in [0.4, 0.5) is 5.69 Å². The molecule has 0 saturated carbocycles. The number of nitrogen functional groups attached to an aromatic ring is 1. The van der Waals surface area contributed by atoms with Crippen molar-refractivity contribution in [3.8, 4) is 0 Å². The maximum Gasteiger partial charge on any atom is 0.249 e. The number of Topliss-reactive ketones (excluding diaryl/α,β-unsaturated/α-hetero) is 1. The second kappa shape index (κ2) is 2.83. The van der Waals surface area contributed by atoms with Gasteiger partial charge < -0.3 is 11.5 Å². The summed E-state index contributed by atoms with van der Waals surface area (Å²) in [5, 5.41) is 0. The van der Waals surface area contributed by atoms with E-state index in [0.717, 1.165) is 5.56 Å². The number of carbonyl (C=O) groups excluding carboxylic acids is 2. The summed E-state index contributed by atoms with van der Waals surface area (Å²) in [4.78, 5) is 22.5. The molecule has 1 amide bonds. The van der Waals surface area contributed by atoms with E-state index in [1.807, 2.05) is 0 Å². The van der Waals surface area contributed by atoms with Crippen molar-refractivity contribution in [1.82, 2.24) is 0 Å². The second-order valence-corrected chi connectivity index (χ2v) is 3.38. The number of primary amides is 1. The van der Waals surface area contributed by atoms with Crippen molar-refractivity contribution in [3.63, 3.8) is 0 Å². The van der Waals surface area contributed by atoms with E-state index in [9.17, 15) is 9.59 Å². The van der Waals surface area contributed by atoms with Gasteiger partial charge in [-0.05, 0) is 24.1 Å². The number of nitrogens with two attached hydrogens (primary N) is 2. The first-order valence-corrected chi connectivity index (χ1v) is 4.35. The zero-order chi connectivity index (χ0) is 10.3. The van der Waals surface area contributed by atoms with Crippen LogP contribution >= 0.6 is 0 Å². The second-order valence-electron chi connectivity index (χ2n) is 3.38. The highest BCUT2D eigenvalue weighted by Crippen LogP contribution is 2.27. The van der Waals surface area contributed by atoms with E-state index in [1.54, 1.807) is 6.07 Å². The lowest BCUT2D eigenvalue weighted by molar-refractivity contribution is 0.0990. The summed E-state index contributed by atoms with van der Waals surface area (Å²) in [6.45, 7) is 0. The minimum atomic E-state index is -0.525. The van der Waals surface area contributed by atoms with Crippen molar-refractivity contribution >= 4 is 17.4 Å². The van der Waals surface area contributed by atoms with E-state index in [-0.39, 0.29) is 5.78 Å². The molecule has 0 bridgehead atoms. The van der Waals surface area contributed by atoms with Gasteiger partial charge >= 0.3 is 0 Å². The molecule has 0 radical (unpaired) electrons. The molecule has 1 aliphatic rings. The number of hydrogen-bond acceptors (Lipinski definition) is 3. The third-order valence-corrected chi connectivity index (χ3v) is 2.44. The molecule has 0 unspecified atom stereocenters. The number of amides is 1. The molecule has 0 heterocycles. The molecule has 0 spiro atoms. The summed E-state index contributed by atoms with van der Waals surface area (Å²) in [5.41, 5.74) is 12.9. The molecule has 0 aromatic heterocycles. The summed E-state index contributed by atoms with van der Waals surface area (Å²) in [6, 6.07) is 3.14. The van der Waals surface area contributed by atoms with Crippen LogP contribution in [0.2, 0.25) is 0 Å². The van der Waals surface area contributed by atoms with Crippen LogP contribution in [0.1, 0.15) is 32.7 Å². The molecule has 1 aromatic rings. The van der Waals surface area contributed by atoms with Crippen molar-refractivity contribution in [2.45, 2.75) is 12.8 Å².